The van der Waals surface area contributed by atoms with E-state index < -0.39 is 0 Å². The van der Waals surface area contributed by atoms with Crippen LogP contribution in [0.3, 0.4) is 0 Å². The Bertz CT molecular complexity index is 392. The topological polar surface area (TPSA) is 20.3 Å². The summed E-state index contributed by atoms with van der Waals surface area (Å²) in [5.41, 5.74) is 2.10. The molecule has 1 aromatic carbocycles. The number of rotatable bonds is 7. The van der Waals surface area contributed by atoms with Gasteiger partial charge in [0.1, 0.15) is 0 Å². The minimum absolute atomic E-state index is 0.0580. The third-order valence-corrected chi connectivity index (χ3v) is 4.16. The summed E-state index contributed by atoms with van der Waals surface area (Å²) in [5.74, 6) is 0.219. The van der Waals surface area contributed by atoms with Crippen LogP contribution in [0.5, 0.6) is 0 Å². The standard InChI is InChI=1S/C17H27NO/c1-6-14-9-11-15(12-10-14)17(19)13(4)18(5)16(7-2)8-3/h9-13,16H,6-8H2,1-5H3. The van der Waals surface area contributed by atoms with Gasteiger partial charge >= 0.3 is 0 Å². The SMILES string of the molecule is CCc1ccc(C(=O)C(C)N(C)C(CC)CC)cc1. The molecule has 0 radical (unpaired) electrons. The quantitative estimate of drug-likeness (QED) is 0.693. The van der Waals surface area contributed by atoms with E-state index in [2.05, 4.69) is 44.9 Å². The number of likely N-dealkylation sites (N-methyl/N-ethyl adjacent to an activating group) is 1. The fourth-order valence-corrected chi connectivity index (χ4v) is 2.51. The van der Waals surface area contributed by atoms with Crippen molar-refractivity contribution in [3.8, 4) is 0 Å². The van der Waals surface area contributed by atoms with Crippen molar-refractivity contribution in [2.24, 2.45) is 0 Å². The molecule has 0 spiro atoms. The molecular formula is C17H27NO. The first-order valence-corrected chi connectivity index (χ1v) is 7.40. The number of carbonyl (C=O) groups excluding carboxylic acids is 1. The Labute approximate surface area is 117 Å². The fraction of sp³-hybridized carbons (Fsp3) is 0.588. The van der Waals surface area contributed by atoms with Gasteiger partial charge in [0.25, 0.3) is 0 Å². The Morgan fingerprint density at radius 3 is 2.05 bits per heavy atom. The summed E-state index contributed by atoms with van der Waals surface area (Å²) in [6.45, 7) is 8.49. The van der Waals surface area contributed by atoms with Crippen LogP contribution in [0, 0.1) is 0 Å². The van der Waals surface area contributed by atoms with Crippen molar-refractivity contribution in [2.45, 2.75) is 59.0 Å². The van der Waals surface area contributed by atoms with Crippen LogP contribution in [-0.4, -0.2) is 29.8 Å². The number of benzene rings is 1. The first-order valence-electron chi connectivity index (χ1n) is 7.40. The van der Waals surface area contributed by atoms with Crippen molar-refractivity contribution < 1.29 is 4.79 Å². The van der Waals surface area contributed by atoms with Gasteiger partial charge in [-0.3, -0.25) is 9.69 Å². The third-order valence-electron chi connectivity index (χ3n) is 4.16. The monoisotopic (exact) mass is 261 g/mol. The molecular weight excluding hydrogens is 234 g/mol. The number of carbonyl (C=O) groups is 1. The third kappa shape index (κ3) is 3.90. The zero-order chi connectivity index (χ0) is 14.4. The van der Waals surface area contributed by atoms with Gasteiger partial charge in [0, 0.05) is 11.6 Å². The Kier molecular flexibility index (Phi) is 6.23. The average molecular weight is 261 g/mol. The van der Waals surface area contributed by atoms with Crippen molar-refractivity contribution in [3.63, 3.8) is 0 Å². The lowest BCUT2D eigenvalue weighted by Gasteiger charge is -2.31. The fourth-order valence-electron chi connectivity index (χ4n) is 2.51. The zero-order valence-electron chi connectivity index (χ0n) is 12.9. The molecule has 1 atom stereocenters. The van der Waals surface area contributed by atoms with Gasteiger partial charge in [-0.25, -0.2) is 0 Å². The van der Waals surface area contributed by atoms with E-state index in [1.165, 1.54) is 5.56 Å². The van der Waals surface area contributed by atoms with Crippen molar-refractivity contribution in [2.75, 3.05) is 7.05 Å². The van der Waals surface area contributed by atoms with Crippen LogP contribution in [0.1, 0.15) is 56.5 Å². The molecule has 19 heavy (non-hydrogen) atoms. The molecule has 0 amide bonds. The van der Waals surface area contributed by atoms with Crippen LogP contribution in [0.4, 0.5) is 0 Å². The second kappa shape index (κ2) is 7.44. The van der Waals surface area contributed by atoms with Crippen LogP contribution < -0.4 is 0 Å². The maximum Gasteiger partial charge on any atom is 0.179 e. The van der Waals surface area contributed by atoms with Crippen LogP contribution in [0.25, 0.3) is 0 Å². The van der Waals surface area contributed by atoms with E-state index in [-0.39, 0.29) is 11.8 Å². The van der Waals surface area contributed by atoms with Gasteiger partial charge in [-0.05, 0) is 38.8 Å². The molecule has 0 heterocycles. The van der Waals surface area contributed by atoms with Crippen LogP contribution in [0.15, 0.2) is 24.3 Å². The highest BCUT2D eigenvalue weighted by molar-refractivity contribution is 5.99. The first-order chi connectivity index (χ1) is 9.04. The van der Waals surface area contributed by atoms with E-state index in [1.807, 2.05) is 19.1 Å². The highest BCUT2D eigenvalue weighted by Gasteiger charge is 2.23. The first kappa shape index (κ1) is 15.9. The number of hydrogen-bond donors (Lipinski definition) is 0. The molecule has 0 N–H and O–H groups in total. The lowest BCUT2D eigenvalue weighted by molar-refractivity contribution is 0.0808. The molecule has 0 fully saturated rings. The summed E-state index contributed by atoms with van der Waals surface area (Å²) in [5, 5.41) is 0. The Balaban J connectivity index is 2.80. The number of Topliss-reactive ketones (excluding diaryl/α,β-unsaturated/α-hetero) is 1. The van der Waals surface area contributed by atoms with E-state index in [0.29, 0.717) is 6.04 Å². The number of aryl methyl sites for hydroxylation is 1. The van der Waals surface area contributed by atoms with Gasteiger partial charge in [-0.15, -0.1) is 0 Å². The molecule has 0 bridgehead atoms. The second-order valence-corrected chi connectivity index (χ2v) is 5.23. The molecule has 0 aromatic heterocycles. The molecule has 2 heteroatoms. The van der Waals surface area contributed by atoms with Crippen molar-refractivity contribution in [1.29, 1.82) is 0 Å². The summed E-state index contributed by atoms with van der Waals surface area (Å²) in [4.78, 5) is 14.7. The van der Waals surface area contributed by atoms with Gasteiger partial charge in [0.05, 0.1) is 6.04 Å². The summed E-state index contributed by atoms with van der Waals surface area (Å²) in [7, 11) is 2.06. The summed E-state index contributed by atoms with van der Waals surface area (Å²) < 4.78 is 0. The zero-order valence-corrected chi connectivity index (χ0v) is 12.9. The normalized spacial score (nSPS) is 13.0. The van der Waals surface area contributed by atoms with E-state index in [1.54, 1.807) is 0 Å². The summed E-state index contributed by atoms with van der Waals surface area (Å²) in [6, 6.07) is 8.44. The van der Waals surface area contributed by atoms with E-state index in [0.717, 1.165) is 24.8 Å². The minimum Gasteiger partial charge on any atom is -0.294 e. The average Bonchev–Trinajstić information content (AvgIpc) is 2.47. The Morgan fingerprint density at radius 2 is 1.63 bits per heavy atom. The van der Waals surface area contributed by atoms with Gasteiger partial charge in [0.2, 0.25) is 0 Å². The molecule has 1 rings (SSSR count). The molecule has 0 aliphatic rings. The largest absolute Gasteiger partial charge is 0.294 e. The molecule has 106 valence electrons. The predicted octanol–water partition coefficient (Wildman–Crippen LogP) is 3.94. The Hall–Kier alpha value is -1.15. The highest BCUT2D eigenvalue weighted by Crippen LogP contribution is 2.15. The molecule has 0 aliphatic heterocycles. The number of nitrogens with zero attached hydrogens (tertiary/aromatic N) is 1. The van der Waals surface area contributed by atoms with Gasteiger partial charge in [0.15, 0.2) is 5.78 Å². The van der Waals surface area contributed by atoms with Crippen molar-refractivity contribution >= 4 is 5.78 Å². The molecule has 1 aromatic rings. The lowest BCUT2D eigenvalue weighted by Crippen LogP contribution is -2.42. The molecule has 0 saturated carbocycles. The maximum absolute atomic E-state index is 12.5. The van der Waals surface area contributed by atoms with Gasteiger partial charge in [-0.1, -0.05) is 45.0 Å². The van der Waals surface area contributed by atoms with Crippen LogP contribution >= 0.6 is 0 Å². The predicted molar refractivity (Wildman–Crippen MR) is 81.7 cm³/mol. The second-order valence-electron chi connectivity index (χ2n) is 5.23. The van der Waals surface area contributed by atoms with Gasteiger partial charge in [-0.2, -0.15) is 0 Å². The maximum atomic E-state index is 12.5. The highest BCUT2D eigenvalue weighted by atomic mass is 16.1. The minimum atomic E-state index is -0.0580. The van der Waals surface area contributed by atoms with Gasteiger partial charge < -0.3 is 0 Å². The smallest absolute Gasteiger partial charge is 0.179 e. The molecule has 1 unspecified atom stereocenters. The number of hydrogen-bond acceptors (Lipinski definition) is 2. The van der Waals surface area contributed by atoms with E-state index >= 15 is 0 Å². The van der Waals surface area contributed by atoms with Crippen molar-refractivity contribution in [3.05, 3.63) is 35.4 Å². The summed E-state index contributed by atoms with van der Waals surface area (Å²) >= 11 is 0. The van der Waals surface area contributed by atoms with Crippen molar-refractivity contribution in [1.82, 2.24) is 4.90 Å². The molecule has 2 nitrogen and oxygen atoms in total. The van der Waals surface area contributed by atoms with Crippen LogP contribution in [0.2, 0.25) is 0 Å². The van der Waals surface area contributed by atoms with Crippen LogP contribution in [-0.2, 0) is 6.42 Å². The Morgan fingerprint density at radius 1 is 1.11 bits per heavy atom. The van der Waals surface area contributed by atoms with E-state index in [9.17, 15) is 4.79 Å². The number of ketones is 1. The summed E-state index contributed by atoms with van der Waals surface area (Å²) in [6.07, 6.45) is 3.18. The lowest BCUT2D eigenvalue weighted by atomic mass is 10.00. The molecule has 0 saturated heterocycles. The van der Waals surface area contributed by atoms with E-state index in [4.69, 9.17) is 0 Å². The molecule has 0 aliphatic carbocycles.